The summed E-state index contributed by atoms with van der Waals surface area (Å²) in [6.07, 6.45) is -0.0477. The molecule has 2 aromatic carbocycles. The highest BCUT2D eigenvalue weighted by Gasteiger charge is 2.39. The van der Waals surface area contributed by atoms with Crippen molar-refractivity contribution in [3.63, 3.8) is 0 Å². The average molecular weight is 403 g/mol. The summed E-state index contributed by atoms with van der Waals surface area (Å²) in [5.74, 6) is -3.53. The molecule has 6 heteroatoms. The molecule has 0 spiro atoms. The molecule has 2 aromatic rings. The molecule has 0 aliphatic rings. The summed E-state index contributed by atoms with van der Waals surface area (Å²) in [7, 11) is 0. The quantitative estimate of drug-likeness (QED) is 0.352. The third-order valence-corrected chi connectivity index (χ3v) is 4.53. The summed E-state index contributed by atoms with van der Waals surface area (Å²) < 4.78 is 10.2. The van der Waals surface area contributed by atoms with E-state index < -0.39 is 23.8 Å². The van der Waals surface area contributed by atoms with Gasteiger partial charge in [0.15, 0.2) is 11.7 Å². The number of benzene rings is 2. The number of esters is 2. The van der Waals surface area contributed by atoms with Crippen molar-refractivity contribution in [2.75, 3.05) is 13.2 Å². The number of carbonyl (C=O) groups is 3. The Kier molecular flexibility index (Phi) is 8.20. The number of rotatable bonds is 9. The predicted octanol–water partition coefficient (Wildman–Crippen LogP) is 4.44. The lowest BCUT2D eigenvalue weighted by molar-refractivity contribution is -0.162. The van der Waals surface area contributed by atoms with E-state index in [4.69, 9.17) is 21.1 Å². The Bertz CT molecular complexity index is 783. The molecule has 5 nitrogen and oxygen atoms in total. The number of Topliss-reactive ketones (excluding diaryl/α,β-unsaturated/α-hetero) is 1. The molecule has 0 N–H and O–H groups in total. The molecule has 0 aliphatic carbocycles. The van der Waals surface area contributed by atoms with Gasteiger partial charge in [-0.05, 0) is 43.7 Å². The maximum Gasteiger partial charge on any atom is 0.320 e. The molecular weight excluding hydrogens is 380 g/mol. The Morgan fingerprint density at radius 2 is 1.39 bits per heavy atom. The fourth-order valence-electron chi connectivity index (χ4n) is 2.97. The zero-order valence-corrected chi connectivity index (χ0v) is 16.6. The summed E-state index contributed by atoms with van der Waals surface area (Å²) >= 11 is 5.89. The molecule has 1 unspecified atom stereocenters. The molecule has 0 amide bonds. The minimum atomic E-state index is -1.22. The number of hydrogen-bond donors (Lipinski definition) is 0. The van der Waals surface area contributed by atoms with E-state index in [2.05, 4.69) is 0 Å². The SMILES string of the molecule is CCOC(=O)C(C(=O)OCC)C(CC(=O)c1ccc(Cl)cc1)c1ccccc1. The van der Waals surface area contributed by atoms with Gasteiger partial charge in [0.25, 0.3) is 0 Å². The molecule has 0 heterocycles. The van der Waals surface area contributed by atoms with E-state index in [1.807, 2.05) is 6.07 Å². The van der Waals surface area contributed by atoms with Gasteiger partial charge in [0, 0.05) is 22.9 Å². The van der Waals surface area contributed by atoms with Crippen LogP contribution in [0, 0.1) is 5.92 Å². The van der Waals surface area contributed by atoms with E-state index in [0.717, 1.165) is 0 Å². The minimum Gasteiger partial charge on any atom is -0.465 e. The van der Waals surface area contributed by atoms with Crippen LogP contribution in [-0.4, -0.2) is 30.9 Å². The summed E-state index contributed by atoms with van der Waals surface area (Å²) in [6.45, 7) is 3.58. The van der Waals surface area contributed by atoms with Crippen molar-refractivity contribution < 1.29 is 23.9 Å². The normalized spacial score (nSPS) is 11.7. The maximum atomic E-state index is 12.9. The summed E-state index contributed by atoms with van der Waals surface area (Å²) in [5, 5.41) is 0.520. The monoisotopic (exact) mass is 402 g/mol. The highest BCUT2D eigenvalue weighted by molar-refractivity contribution is 6.30. The van der Waals surface area contributed by atoms with Crippen molar-refractivity contribution in [2.24, 2.45) is 5.92 Å². The van der Waals surface area contributed by atoms with Gasteiger partial charge in [-0.25, -0.2) is 0 Å². The van der Waals surface area contributed by atoms with Crippen molar-refractivity contribution in [2.45, 2.75) is 26.2 Å². The molecule has 2 rings (SSSR count). The van der Waals surface area contributed by atoms with Gasteiger partial charge < -0.3 is 9.47 Å². The van der Waals surface area contributed by atoms with E-state index in [1.54, 1.807) is 62.4 Å². The molecule has 0 aliphatic heterocycles. The van der Waals surface area contributed by atoms with Gasteiger partial charge >= 0.3 is 11.9 Å². The van der Waals surface area contributed by atoms with Crippen LogP contribution in [0.3, 0.4) is 0 Å². The van der Waals surface area contributed by atoms with Gasteiger partial charge in [-0.2, -0.15) is 0 Å². The third-order valence-electron chi connectivity index (χ3n) is 4.28. The standard InChI is InChI=1S/C22H23ClO5/c1-3-27-21(25)20(22(26)28-4-2)18(15-8-6-5-7-9-15)14-19(24)16-10-12-17(23)13-11-16/h5-13,18,20H,3-4,14H2,1-2H3. The maximum absolute atomic E-state index is 12.9. The fraction of sp³-hybridized carbons (Fsp3) is 0.318. The first-order valence-corrected chi connectivity index (χ1v) is 9.52. The molecule has 0 aromatic heterocycles. The van der Waals surface area contributed by atoms with Gasteiger partial charge in [0.2, 0.25) is 0 Å². The van der Waals surface area contributed by atoms with Crippen LogP contribution in [0.1, 0.15) is 42.1 Å². The van der Waals surface area contributed by atoms with E-state index in [-0.39, 0.29) is 25.4 Å². The second kappa shape index (κ2) is 10.6. The Labute approximate surface area is 169 Å². The van der Waals surface area contributed by atoms with E-state index in [1.165, 1.54) is 0 Å². The van der Waals surface area contributed by atoms with Crippen molar-refractivity contribution >= 4 is 29.3 Å². The lowest BCUT2D eigenvalue weighted by atomic mass is 9.81. The molecule has 0 bridgehead atoms. The second-order valence-electron chi connectivity index (χ2n) is 6.13. The van der Waals surface area contributed by atoms with Gasteiger partial charge in [0.1, 0.15) is 0 Å². The number of carbonyl (C=O) groups excluding carboxylic acids is 3. The molecule has 1 atom stereocenters. The highest BCUT2D eigenvalue weighted by atomic mass is 35.5. The van der Waals surface area contributed by atoms with Gasteiger partial charge in [-0.15, -0.1) is 0 Å². The Hall–Kier alpha value is -2.66. The first-order chi connectivity index (χ1) is 13.5. The van der Waals surface area contributed by atoms with Gasteiger partial charge in [-0.3, -0.25) is 14.4 Å². The summed E-state index contributed by atoms with van der Waals surface area (Å²) in [5.41, 5.74) is 1.15. The highest BCUT2D eigenvalue weighted by Crippen LogP contribution is 2.32. The van der Waals surface area contributed by atoms with Crippen LogP contribution in [0.15, 0.2) is 54.6 Å². The van der Waals surface area contributed by atoms with E-state index >= 15 is 0 Å². The van der Waals surface area contributed by atoms with Crippen LogP contribution < -0.4 is 0 Å². The van der Waals surface area contributed by atoms with Gasteiger partial charge in [-0.1, -0.05) is 41.9 Å². The second-order valence-corrected chi connectivity index (χ2v) is 6.57. The molecule has 0 fully saturated rings. The fourth-order valence-corrected chi connectivity index (χ4v) is 3.10. The number of halogens is 1. The molecule has 0 saturated heterocycles. The van der Waals surface area contributed by atoms with Crippen LogP contribution in [0.25, 0.3) is 0 Å². The summed E-state index contributed by atoms with van der Waals surface area (Å²) in [6, 6.07) is 15.5. The average Bonchev–Trinajstić information content (AvgIpc) is 2.69. The van der Waals surface area contributed by atoms with E-state index in [9.17, 15) is 14.4 Å². The van der Waals surface area contributed by atoms with Crippen molar-refractivity contribution in [1.29, 1.82) is 0 Å². The molecule has 0 radical (unpaired) electrons. The van der Waals surface area contributed by atoms with Crippen molar-refractivity contribution in [3.05, 3.63) is 70.7 Å². The molecule has 148 valence electrons. The smallest absolute Gasteiger partial charge is 0.320 e. The number of ether oxygens (including phenoxy) is 2. The van der Waals surface area contributed by atoms with Crippen LogP contribution in [0.5, 0.6) is 0 Å². The van der Waals surface area contributed by atoms with E-state index in [0.29, 0.717) is 16.1 Å². The molecule has 0 saturated carbocycles. The largest absolute Gasteiger partial charge is 0.465 e. The first kappa shape index (κ1) is 21.6. The van der Waals surface area contributed by atoms with Crippen molar-refractivity contribution in [1.82, 2.24) is 0 Å². The number of hydrogen-bond acceptors (Lipinski definition) is 5. The minimum absolute atomic E-state index is 0.0477. The van der Waals surface area contributed by atoms with Crippen LogP contribution >= 0.6 is 11.6 Å². The Morgan fingerprint density at radius 3 is 1.89 bits per heavy atom. The lowest BCUT2D eigenvalue weighted by Crippen LogP contribution is -2.34. The molecule has 28 heavy (non-hydrogen) atoms. The third kappa shape index (κ3) is 5.67. The topological polar surface area (TPSA) is 69.7 Å². The zero-order valence-electron chi connectivity index (χ0n) is 15.9. The first-order valence-electron chi connectivity index (χ1n) is 9.14. The summed E-state index contributed by atoms with van der Waals surface area (Å²) in [4.78, 5) is 38.0. The van der Waals surface area contributed by atoms with Crippen LogP contribution in [-0.2, 0) is 19.1 Å². The Morgan fingerprint density at radius 1 is 0.857 bits per heavy atom. The lowest BCUT2D eigenvalue weighted by Gasteiger charge is -2.24. The Balaban J connectivity index is 2.41. The van der Waals surface area contributed by atoms with Gasteiger partial charge in [0.05, 0.1) is 13.2 Å². The zero-order chi connectivity index (χ0) is 20.5. The van der Waals surface area contributed by atoms with Crippen LogP contribution in [0.4, 0.5) is 0 Å². The predicted molar refractivity (Wildman–Crippen MR) is 106 cm³/mol. The molecular formula is C22H23ClO5. The number of ketones is 1. The van der Waals surface area contributed by atoms with Crippen LogP contribution in [0.2, 0.25) is 5.02 Å². The van der Waals surface area contributed by atoms with Crippen molar-refractivity contribution in [3.8, 4) is 0 Å².